The molecule has 0 aliphatic heterocycles. The fourth-order valence-corrected chi connectivity index (χ4v) is 2.85. The molecule has 26 heavy (non-hydrogen) atoms. The maximum absolute atomic E-state index is 12.0. The normalized spacial score (nSPS) is 10.5. The Labute approximate surface area is 159 Å². The van der Waals surface area contributed by atoms with Crippen molar-refractivity contribution in [3.63, 3.8) is 0 Å². The molecule has 0 fully saturated rings. The number of ether oxygens (including phenoxy) is 1. The van der Waals surface area contributed by atoms with Gasteiger partial charge in [-0.05, 0) is 30.7 Å². The lowest BCUT2D eigenvalue weighted by atomic mass is 10.2. The second-order valence-electron chi connectivity index (χ2n) is 5.33. The molecule has 3 rings (SSSR count). The summed E-state index contributed by atoms with van der Waals surface area (Å²) in [7, 11) is 0. The number of hydrogen-bond acceptors (Lipinski definition) is 6. The molecule has 0 spiro atoms. The number of carbonyl (C=O) groups excluding carboxylic acids is 1. The zero-order valence-corrected chi connectivity index (χ0v) is 15.5. The summed E-state index contributed by atoms with van der Waals surface area (Å²) in [6.07, 6.45) is 0. The Balaban J connectivity index is 1.48. The van der Waals surface area contributed by atoms with E-state index < -0.39 is 0 Å². The number of amides is 1. The van der Waals surface area contributed by atoms with Gasteiger partial charge >= 0.3 is 0 Å². The summed E-state index contributed by atoms with van der Waals surface area (Å²) in [6.45, 7) is 2.13. The third kappa shape index (κ3) is 5.00. The van der Waals surface area contributed by atoms with Crippen molar-refractivity contribution in [2.45, 2.75) is 18.8 Å². The fraction of sp³-hybridized carbons (Fsp3) is 0.167. The van der Waals surface area contributed by atoms with Gasteiger partial charge in [-0.2, -0.15) is 0 Å². The summed E-state index contributed by atoms with van der Waals surface area (Å²) in [5.41, 5.74) is 1.59. The molecule has 0 aliphatic rings. The van der Waals surface area contributed by atoms with Gasteiger partial charge in [0.2, 0.25) is 5.91 Å². The number of thioether (sulfide) groups is 1. The van der Waals surface area contributed by atoms with Gasteiger partial charge in [0.25, 0.3) is 11.1 Å². The highest BCUT2D eigenvalue weighted by atomic mass is 35.5. The van der Waals surface area contributed by atoms with Gasteiger partial charge in [-0.1, -0.05) is 53.7 Å². The number of anilines is 1. The van der Waals surface area contributed by atoms with Gasteiger partial charge in [-0.3, -0.25) is 4.79 Å². The van der Waals surface area contributed by atoms with E-state index in [1.165, 1.54) is 0 Å². The molecule has 1 aromatic heterocycles. The number of halogens is 1. The van der Waals surface area contributed by atoms with Gasteiger partial charge in [0.05, 0.1) is 16.5 Å². The van der Waals surface area contributed by atoms with Crippen LogP contribution in [0.5, 0.6) is 5.75 Å². The van der Waals surface area contributed by atoms with Crippen LogP contribution < -0.4 is 10.1 Å². The summed E-state index contributed by atoms with van der Waals surface area (Å²) >= 11 is 7.16. The lowest BCUT2D eigenvalue weighted by molar-refractivity contribution is -0.113. The molecular formula is C18H16ClN3O3S. The molecule has 134 valence electrons. The van der Waals surface area contributed by atoms with E-state index in [1.807, 2.05) is 31.2 Å². The number of nitrogens with zero attached hydrogens (tertiary/aromatic N) is 2. The van der Waals surface area contributed by atoms with E-state index in [9.17, 15) is 4.79 Å². The third-order valence-electron chi connectivity index (χ3n) is 3.37. The van der Waals surface area contributed by atoms with Crippen LogP contribution in [0.4, 0.5) is 5.69 Å². The number of rotatable bonds is 7. The molecule has 1 N–H and O–H groups in total. The minimum atomic E-state index is -0.209. The quantitative estimate of drug-likeness (QED) is 0.605. The summed E-state index contributed by atoms with van der Waals surface area (Å²) in [5, 5.41) is 11.4. The maximum Gasteiger partial charge on any atom is 0.277 e. The van der Waals surface area contributed by atoms with Gasteiger partial charge in [0.15, 0.2) is 6.61 Å². The van der Waals surface area contributed by atoms with Crippen molar-refractivity contribution in [3.05, 3.63) is 65.0 Å². The molecular weight excluding hydrogens is 374 g/mol. The first-order valence-electron chi connectivity index (χ1n) is 7.80. The molecule has 6 nitrogen and oxygen atoms in total. The first kappa shape index (κ1) is 18.3. The van der Waals surface area contributed by atoms with E-state index in [4.69, 9.17) is 20.8 Å². The molecule has 0 unspecified atom stereocenters. The number of carbonyl (C=O) groups is 1. The highest BCUT2D eigenvalue weighted by Crippen LogP contribution is 2.22. The largest absolute Gasteiger partial charge is 0.484 e. The summed E-state index contributed by atoms with van der Waals surface area (Å²) in [4.78, 5) is 12.0. The van der Waals surface area contributed by atoms with E-state index >= 15 is 0 Å². The van der Waals surface area contributed by atoms with Crippen LogP contribution in [0, 0.1) is 6.92 Å². The molecule has 0 radical (unpaired) electrons. The number of aromatic nitrogens is 2. The van der Waals surface area contributed by atoms with Gasteiger partial charge in [0, 0.05) is 0 Å². The number of hydrogen-bond donors (Lipinski definition) is 1. The minimum Gasteiger partial charge on any atom is -0.484 e. The van der Waals surface area contributed by atoms with Gasteiger partial charge in [0.1, 0.15) is 5.75 Å². The Kier molecular flexibility index (Phi) is 6.14. The smallest absolute Gasteiger partial charge is 0.277 e. The van der Waals surface area contributed by atoms with Crippen LogP contribution >= 0.6 is 23.4 Å². The predicted molar refractivity (Wildman–Crippen MR) is 101 cm³/mol. The predicted octanol–water partition coefficient (Wildman–Crippen LogP) is 4.34. The first-order chi connectivity index (χ1) is 12.6. The molecule has 8 heteroatoms. The molecule has 2 aromatic carbocycles. The summed E-state index contributed by atoms with van der Waals surface area (Å²) in [6, 6.07) is 14.7. The van der Waals surface area contributed by atoms with Crippen LogP contribution in [-0.4, -0.2) is 21.9 Å². The van der Waals surface area contributed by atoms with Crippen molar-refractivity contribution in [1.29, 1.82) is 0 Å². The van der Waals surface area contributed by atoms with E-state index in [1.54, 1.807) is 24.3 Å². The molecule has 1 heterocycles. The molecule has 0 atom stereocenters. The van der Waals surface area contributed by atoms with Gasteiger partial charge in [-0.15, -0.1) is 10.2 Å². The topological polar surface area (TPSA) is 77.2 Å². The molecule has 0 saturated heterocycles. The zero-order valence-electron chi connectivity index (χ0n) is 13.9. The van der Waals surface area contributed by atoms with Crippen molar-refractivity contribution in [1.82, 2.24) is 10.2 Å². The van der Waals surface area contributed by atoms with Crippen molar-refractivity contribution in [3.8, 4) is 5.75 Å². The Bertz CT molecular complexity index is 901. The van der Waals surface area contributed by atoms with E-state index in [0.29, 0.717) is 21.8 Å². The Morgan fingerprint density at radius 2 is 1.96 bits per heavy atom. The van der Waals surface area contributed by atoms with E-state index in [-0.39, 0.29) is 18.3 Å². The van der Waals surface area contributed by atoms with Crippen LogP contribution in [-0.2, 0) is 11.4 Å². The van der Waals surface area contributed by atoms with Crippen molar-refractivity contribution >= 4 is 35.0 Å². The first-order valence-corrected chi connectivity index (χ1v) is 9.16. The van der Waals surface area contributed by atoms with E-state index in [0.717, 1.165) is 23.1 Å². The Morgan fingerprint density at radius 1 is 1.19 bits per heavy atom. The number of nitrogens with one attached hydrogen (secondary N) is 1. The molecule has 0 bridgehead atoms. The van der Waals surface area contributed by atoms with Crippen LogP contribution in [0.2, 0.25) is 5.02 Å². The van der Waals surface area contributed by atoms with Crippen LogP contribution in [0.15, 0.2) is 58.2 Å². The fourth-order valence-electron chi connectivity index (χ4n) is 2.09. The van der Waals surface area contributed by atoms with Crippen LogP contribution in [0.25, 0.3) is 0 Å². The number of aryl methyl sites for hydroxylation is 1. The second kappa shape index (κ2) is 8.73. The van der Waals surface area contributed by atoms with Gasteiger partial charge < -0.3 is 14.5 Å². The SMILES string of the molecule is Cc1ccccc1OCc1nnc(SCC(=O)Nc2ccccc2Cl)o1. The van der Waals surface area contributed by atoms with Crippen LogP contribution in [0.1, 0.15) is 11.5 Å². The molecule has 0 aliphatic carbocycles. The lowest BCUT2D eigenvalue weighted by Crippen LogP contribution is -2.14. The Morgan fingerprint density at radius 3 is 2.77 bits per heavy atom. The second-order valence-corrected chi connectivity index (χ2v) is 6.67. The lowest BCUT2D eigenvalue weighted by Gasteiger charge is -2.06. The number of benzene rings is 2. The highest BCUT2D eigenvalue weighted by Gasteiger charge is 2.11. The molecule has 1 amide bonds. The van der Waals surface area contributed by atoms with Gasteiger partial charge in [-0.25, -0.2) is 0 Å². The highest BCUT2D eigenvalue weighted by molar-refractivity contribution is 7.99. The summed E-state index contributed by atoms with van der Waals surface area (Å²) in [5.74, 6) is 1.03. The molecule has 0 saturated carbocycles. The van der Waals surface area contributed by atoms with E-state index in [2.05, 4.69) is 15.5 Å². The average Bonchev–Trinajstić information content (AvgIpc) is 3.09. The monoisotopic (exact) mass is 389 g/mol. The third-order valence-corrected chi connectivity index (χ3v) is 4.52. The van der Waals surface area contributed by atoms with Crippen molar-refractivity contribution < 1.29 is 13.9 Å². The maximum atomic E-state index is 12.0. The molecule has 3 aromatic rings. The van der Waals surface area contributed by atoms with Crippen LogP contribution in [0.3, 0.4) is 0 Å². The summed E-state index contributed by atoms with van der Waals surface area (Å²) < 4.78 is 11.1. The standard InChI is InChI=1S/C18H16ClN3O3S/c1-12-6-2-5-9-15(12)24-10-17-21-22-18(25-17)26-11-16(23)20-14-8-4-3-7-13(14)19/h2-9H,10-11H2,1H3,(H,20,23). The average molecular weight is 390 g/mol. The number of para-hydroxylation sites is 2. The van der Waals surface area contributed by atoms with Crippen molar-refractivity contribution in [2.75, 3.05) is 11.1 Å². The minimum absolute atomic E-state index is 0.130. The van der Waals surface area contributed by atoms with Crippen molar-refractivity contribution in [2.24, 2.45) is 0 Å². The Hall–Kier alpha value is -2.51. The zero-order chi connectivity index (χ0) is 18.4.